The minimum Gasteiger partial charge on any atom is -0.370 e. The first kappa shape index (κ1) is 31.7. The molecule has 39 heavy (non-hydrogen) atoms. The van der Waals surface area contributed by atoms with Crippen molar-refractivity contribution in [1.29, 1.82) is 0 Å². The molecule has 218 valence electrons. The molecular weight excluding hydrogens is 508 g/mol. The zero-order chi connectivity index (χ0) is 29.4. The molecule has 0 aliphatic carbocycles. The van der Waals surface area contributed by atoms with Gasteiger partial charge in [0.15, 0.2) is 5.78 Å². The summed E-state index contributed by atoms with van der Waals surface area (Å²) < 4.78 is 0. The second kappa shape index (κ2) is 14.0. The fourth-order valence-electron chi connectivity index (χ4n) is 4.98. The molecule has 13 nitrogen and oxygen atoms in total. The zero-order valence-electron chi connectivity index (χ0n) is 23.5. The Balaban J connectivity index is 2.08. The number of ketones is 1. The highest BCUT2D eigenvalue weighted by atomic mass is 16.2. The van der Waals surface area contributed by atoms with Crippen molar-refractivity contribution in [3.8, 4) is 0 Å². The average Bonchev–Trinajstić information content (AvgIpc) is 3.52. The lowest BCUT2D eigenvalue weighted by Crippen LogP contribution is -2.57. The number of likely N-dealkylation sites (tertiary alicyclic amines) is 1. The van der Waals surface area contributed by atoms with E-state index in [0.717, 1.165) is 0 Å². The summed E-state index contributed by atoms with van der Waals surface area (Å²) in [5.41, 5.74) is 5.22. The number of likely N-dealkylation sites (N-methyl/N-ethyl adjacent to an activating group) is 1. The summed E-state index contributed by atoms with van der Waals surface area (Å²) in [6.07, 6.45) is 1.74. The van der Waals surface area contributed by atoms with E-state index in [9.17, 15) is 33.6 Å². The highest BCUT2D eigenvalue weighted by Crippen LogP contribution is 2.22. The lowest BCUT2D eigenvalue weighted by molar-refractivity contribution is -0.147. The second-order valence-corrected chi connectivity index (χ2v) is 10.9. The standard InChI is InChI=1S/C26H42N6O7/c1-14(2)13-20(16(4)33)31(5)26(39)19-7-6-12-32(19)25(38)15(3)28-23(36)18(8-10-21(27)34)30-24(37)17-9-11-22(35)29-17/h14-15,17-20H,6-13H2,1-5H3,(H2,27,34)(H,28,36)(H,29,35)(H,30,37)/t15-,17-,18-,19-,20-/m0/s1. The second-order valence-electron chi connectivity index (χ2n) is 10.9. The summed E-state index contributed by atoms with van der Waals surface area (Å²) in [6.45, 7) is 7.17. The van der Waals surface area contributed by atoms with E-state index in [0.29, 0.717) is 25.8 Å². The van der Waals surface area contributed by atoms with Crippen LogP contribution in [-0.2, 0) is 33.6 Å². The van der Waals surface area contributed by atoms with Crippen molar-refractivity contribution in [1.82, 2.24) is 25.8 Å². The third-order valence-electron chi connectivity index (χ3n) is 7.15. The normalized spacial score (nSPS) is 21.1. The highest BCUT2D eigenvalue weighted by molar-refractivity contribution is 5.97. The van der Waals surface area contributed by atoms with E-state index in [1.807, 2.05) is 13.8 Å². The molecule has 2 saturated heterocycles. The first-order chi connectivity index (χ1) is 18.2. The SMILES string of the molecule is CC(=O)[C@H](CC(C)C)N(C)C(=O)[C@@H]1CCCN1C(=O)[C@H](C)NC(=O)[C@H](CCC(N)=O)NC(=O)[C@@H]1CCC(=O)N1. The average molecular weight is 551 g/mol. The van der Waals surface area contributed by atoms with Gasteiger partial charge in [-0.25, -0.2) is 0 Å². The summed E-state index contributed by atoms with van der Waals surface area (Å²) in [4.78, 5) is 90.1. The van der Waals surface area contributed by atoms with Crippen LogP contribution in [0.1, 0.15) is 72.6 Å². The maximum atomic E-state index is 13.3. The van der Waals surface area contributed by atoms with E-state index in [-0.39, 0.29) is 49.2 Å². The number of nitrogens with two attached hydrogens (primary N) is 1. The number of carbonyl (C=O) groups is 7. The molecule has 0 spiro atoms. The van der Waals surface area contributed by atoms with Gasteiger partial charge in [0.05, 0.1) is 6.04 Å². The fourth-order valence-corrected chi connectivity index (χ4v) is 4.98. The molecular formula is C26H42N6O7. The molecule has 5 N–H and O–H groups in total. The third kappa shape index (κ3) is 8.75. The molecule has 0 radical (unpaired) electrons. The van der Waals surface area contributed by atoms with E-state index in [1.165, 1.54) is 23.6 Å². The summed E-state index contributed by atoms with van der Waals surface area (Å²) in [6, 6.07) is -4.33. The summed E-state index contributed by atoms with van der Waals surface area (Å²) in [5.74, 6) is -2.93. The van der Waals surface area contributed by atoms with Gasteiger partial charge in [-0.05, 0) is 51.9 Å². The number of amides is 6. The fraction of sp³-hybridized carbons (Fsp3) is 0.731. The molecule has 0 aromatic heterocycles. The number of Topliss-reactive ketones (excluding diaryl/α,β-unsaturated/α-hetero) is 1. The Bertz CT molecular complexity index is 984. The van der Waals surface area contributed by atoms with Gasteiger partial charge in [0, 0.05) is 26.4 Å². The van der Waals surface area contributed by atoms with E-state index in [1.54, 1.807) is 7.05 Å². The molecule has 0 aromatic carbocycles. The van der Waals surface area contributed by atoms with Crippen molar-refractivity contribution in [2.45, 2.75) is 103 Å². The smallest absolute Gasteiger partial charge is 0.245 e. The van der Waals surface area contributed by atoms with Crippen LogP contribution >= 0.6 is 0 Å². The number of nitrogens with zero attached hydrogens (tertiary/aromatic N) is 2. The topological polar surface area (TPSA) is 188 Å². The maximum Gasteiger partial charge on any atom is 0.245 e. The van der Waals surface area contributed by atoms with E-state index in [4.69, 9.17) is 5.73 Å². The number of primary amides is 1. The molecule has 13 heteroatoms. The van der Waals surface area contributed by atoms with E-state index >= 15 is 0 Å². The molecule has 5 atom stereocenters. The highest BCUT2D eigenvalue weighted by Gasteiger charge is 2.40. The minimum absolute atomic E-state index is 0.0909. The van der Waals surface area contributed by atoms with E-state index in [2.05, 4.69) is 16.0 Å². The van der Waals surface area contributed by atoms with Crippen molar-refractivity contribution in [3.63, 3.8) is 0 Å². The van der Waals surface area contributed by atoms with Gasteiger partial charge in [0.1, 0.15) is 24.2 Å². The van der Waals surface area contributed by atoms with Gasteiger partial charge in [0.25, 0.3) is 0 Å². The Hall–Kier alpha value is -3.51. The van der Waals surface area contributed by atoms with Gasteiger partial charge in [-0.1, -0.05) is 13.8 Å². The van der Waals surface area contributed by atoms with Crippen LogP contribution in [0.15, 0.2) is 0 Å². The van der Waals surface area contributed by atoms with Gasteiger partial charge < -0.3 is 31.5 Å². The zero-order valence-corrected chi connectivity index (χ0v) is 23.5. The molecule has 0 unspecified atom stereocenters. The van der Waals surface area contributed by atoms with Gasteiger partial charge in [0.2, 0.25) is 35.4 Å². The first-order valence-corrected chi connectivity index (χ1v) is 13.5. The number of carbonyl (C=O) groups excluding carboxylic acids is 7. The summed E-state index contributed by atoms with van der Waals surface area (Å²) in [7, 11) is 1.57. The lowest BCUT2D eigenvalue weighted by Gasteiger charge is -2.34. The Morgan fingerprint density at radius 3 is 2.31 bits per heavy atom. The van der Waals surface area contributed by atoms with Crippen LogP contribution in [0, 0.1) is 5.92 Å². The largest absolute Gasteiger partial charge is 0.370 e. The van der Waals surface area contributed by atoms with Crippen LogP contribution in [0.4, 0.5) is 0 Å². The summed E-state index contributed by atoms with van der Waals surface area (Å²) >= 11 is 0. The Morgan fingerprint density at radius 1 is 1.10 bits per heavy atom. The van der Waals surface area contributed by atoms with Crippen molar-refractivity contribution in [3.05, 3.63) is 0 Å². The molecule has 2 heterocycles. The van der Waals surface area contributed by atoms with Crippen LogP contribution in [0.25, 0.3) is 0 Å². The van der Waals surface area contributed by atoms with Crippen LogP contribution in [0.5, 0.6) is 0 Å². The molecule has 2 aliphatic heterocycles. The van der Waals surface area contributed by atoms with Crippen molar-refractivity contribution in [2.75, 3.05) is 13.6 Å². The van der Waals surface area contributed by atoms with Crippen molar-refractivity contribution >= 4 is 41.2 Å². The Morgan fingerprint density at radius 2 is 1.77 bits per heavy atom. The van der Waals surface area contributed by atoms with Gasteiger partial charge >= 0.3 is 0 Å². The van der Waals surface area contributed by atoms with Crippen molar-refractivity contribution in [2.24, 2.45) is 11.7 Å². The van der Waals surface area contributed by atoms with Crippen molar-refractivity contribution < 1.29 is 33.6 Å². The lowest BCUT2D eigenvalue weighted by atomic mass is 9.99. The van der Waals surface area contributed by atoms with Crippen LogP contribution < -0.4 is 21.7 Å². The maximum absolute atomic E-state index is 13.3. The predicted octanol–water partition coefficient (Wildman–Crippen LogP) is -1.03. The van der Waals surface area contributed by atoms with Crippen LogP contribution in [-0.4, -0.2) is 94.8 Å². The first-order valence-electron chi connectivity index (χ1n) is 13.5. The van der Waals surface area contributed by atoms with E-state index < -0.39 is 53.8 Å². The van der Waals surface area contributed by atoms with Gasteiger partial charge in [-0.2, -0.15) is 0 Å². The monoisotopic (exact) mass is 550 g/mol. The number of hydrogen-bond donors (Lipinski definition) is 4. The van der Waals surface area contributed by atoms with Gasteiger partial charge in [-0.3, -0.25) is 33.6 Å². The number of nitrogens with one attached hydrogen (secondary N) is 3. The Kier molecular flexibility index (Phi) is 11.4. The molecule has 0 aromatic rings. The van der Waals surface area contributed by atoms with Crippen LogP contribution in [0.2, 0.25) is 0 Å². The molecule has 0 saturated carbocycles. The molecule has 0 bridgehead atoms. The third-order valence-corrected chi connectivity index (χ3v) is 7.15. The minimum atomic E-state index is -1.16. The molecule has 2 aliphatic rings. The molecule has 2 fully saturated rings. The van der Waals surface area contributed by atoms with Gasteiger partial charge in [-0.15, -0.1) is 0 Å². The number of hydrogen-bond acceptors (Lipinski definition) is 7. The molecule has 2 rings (SSSR count). The summed E-state index contributed by atoms with van der Waals surface area (Å²) in [5, 5.41) is 7.63. The molecule has 6 amide bonds. The quantitative estimate of drug-likeness (QED) is 0.226. The number of rotatable bonds is 13. The van der Waals surface area contributed by atoms with Crippen LogP contribution in [0.3, 0.4) is 0 Å². The predicted molar refractivity (Wildman–Crippen MR) is 141 cm³/mol. The Labute approximate surface area is 228 Å².